The summed E-state index contributed by atoms with van der Waals surface area (Å²) in [5.74, 6) is -1.17. The quantitative estimate of drug-likeness (QED) is 0.663. The predicted molar refractivity (Wildman–Crippen MR) is 90.5 cm³/mol. The maximum absolute atomic E-state index is 13.2. The van der Waals surface area contributed by atoms with Crippen LogP contribution in [0.2, 0.25) is 5.02 Å². The van der Waals surface area contributed by atoms with Crippen LogP contribution < -0.4 is 5.32 Å². The van der Waals surface area contributed by atoms with Crippen LogP contribution in [-0.2, 0) is 4.79 Å². The van der Waals surface area contributed by atoms with Gasteiger partial charge in [0.25, 0.3) is 5.22 Å². The molecule has 0 aliphatic heterocycles. The molecule has 3 aromatic rings. The number of carbonyl (C=O) groups is 1. The van der Waals surface area contributed by atoms with Gasteiger partial charge in [-0.15, -0.1) is 10.2 Å². The first-order chi connectivity index (χ1) is 12.0. The monoisotopic (exact) mass is 381 g/mol. The Bertz CT molecular complexity index is 920. The molecule has 0 atom stereocenters. The lowest BCUT2D eigenvalue weighted by molar-refractivity contribution is -0.113. The third kappa shape index (κ3) is 4.55. The molecule has 0 radical (unpaired) electrons. The standard InChI is InChI=1S/C16H10ClF2N3O2S/c17-12-7-11(4-5-13(12)19)20-14(23)8-25-16-22-21-15(24-16)9-2-1-3-10(18)6-9/h1-7H,8H2,(H,20,23). The summed E-state index contributed by atoms with van der Waals surface area (Å²) in [4.78, 5) is 11.9. The van der Waals surface area contributed by atoms with Crippen LogP contribution >= 0.6 is 23.4 Å². The van der Waals surface area contributed by atoms with Crippen LogP contribution in [0.3, 0.4) is 0 Å². The molecule has 1 amide bonds. The van der Waals surface area contributed by atoms with Crippen molar-refractivity contribution >= 4 is 35.0 Å². The average Bonchev–Trinajstić information content (AvgIpc) is 3.05. The fraction of sp³-hybridized carbons (Fsp3) is 0.0625. The first-order valence-electron chi connectivity index (χ1n) is 6.98. The molecule has 0 saturated carbocycles. The van der Waals surface area contributed by atoms with Gasteiger partial charge in [-0.1, -0.05) is 29.4 Å². The maximum atomic E-state index is 13.2. The Balaban J connectivity index is 1.58. The van der Waals surface area contributed by atoms with E-state index < -0.39 is 11.6 Å². The second-order valence-electron chi connectivity index (χ2n) is 4.85. The number of rotatable bonds is 5. The minimum Gasteiger partial charge on any atom is -0.411 e. The van der Waals surface area contributed by atoms with Crippen molar-refractivity contribution < 1.29 is 18.0 Å². The predicted octanol–water partition coefficient (Wildman–Crippen LogP) is 4.40. The molecule has 1 heterocycles. The SMILES string of the molecule is O=C(CSc1nnc(-c2cccc(F)c2)o1)Nc1ccc(F)c(Cl)c1. The van der Waals surface area contributed by atoms with Gasteiger partial charge in [0.1, 0.15) is 11.6 Å². The molecule has 0 aliphatic carbocycles. The van der Waals surface area contributed by atoms with E-state index in [1.165, 1.54) is 30.3 Å². The van der Waals surface area contributed by atoms with E-state index in [0.717, 1.165) is 17.8 Å². The molecule has 1 aromatic heterocycles. The minimum atomic E-state index is -0.565. The van der Waals surface area contributed by atoms with Crippen LogP contribution in [0.1, 0.15) is 0 Å². The Morgan fingerprint density at radius 2 is 2.04 bits per heavy atom. The van der Waals surface area contributed by atoms with Crippen LogP contribution in [0.4, 0.5) is 14.5 Å². The smallest absolute Gasteiger partial charge is 0.277 e. The van der Waals surface area contributed by atoms with Crippen LogP contribution in [0, 0.1) is 11.6 Å². The Kier molecular flexibility index (Phi) is 5.30. The summed E-state index contributed by atoms with van der Waals surface area (Å²) in [5, 5.41) is 10.3. The van der Waals surface area contributed by atoms with Gasteiger partial charge in [-0.05, 0) is 36.4 Å². The second-order valence-corrected chi connectivity index (χ2v) is 6.18. The number of thioether (sulfide) groups is 1. The van der Waals surface area contributed by atoms with E-state index in [2.05, 4.69) is 15.5 Å². The lowest BCUT2D eigenvalue weighted by Gasteiger charge is -2.04. The average molecular weight is 382 g/mol. The van der Waals surface area contributed by atoms with Gasteiger partial charge in [0.2, 0.25) is 11.8 Å². The summed E-state index contributed by atoms with van der Waals surface area (Å²) in [7, 11) is 0. The Hall–Kier alpha value is -2.45. The van der Waals surface area contributed by atoms with Gasteiger partial charge in [-0.2, -0.15) is 0 Å². The van der Waals surface area contributed by atoms with Crippen LogP contribution in [0.5, 0.6) is 0 Å². The zero-order chi connectivity index (χ0) is 17.8. The molecule has 25 heavy (non-hydrogen) atoms. The number of benzene rings is 2. The molecule has 5 nitrogen and oxygen atoms in total. The molecular formula is C16H10ClF2N3O2S. The van der Waals surface area contributed by atoms with Gasteiger partial charge < -0.3 is 9.73 Å². The van der Waals surface area contributed by atoms with Gasteiger partial charge in [-0.3, -0.25) is 4.79 Å². The third-order valence-electron chi connectivity index (χ3n) is 3.01. The molecule has 0 aliphatic rings. The molecular weight excluding hydrogens is 372 g/mol. The van der Waals surface area contributed by atoms with Crippen molar-refractivity contribution in [2.24, 2.45) is 0 Å². The van der Waals surface area contributed by atoms with Gasteiger partial charge in [-0.25, -0.2) is 8.78 Å². The van der Waals surface area contributed by atoms with E-state index in [4.69, 9.17) is 16.0 Å². The maximum Gasteiger partial charge on any atom is 0.277 e. The molecule has 0 spiro atoms. The summed E-state index contributed by atoms with van der Waals surface area (Å²) in [6, 6.07) is 9.62. The van der Waals surface area contributed by atoms with Crippen molar-refractivity contribution in [3.8, 4) is 11.5 Å². The third-order valence-corrected chi connectivity index (χ3v) is 4.12. The van der Waals surface area contributed by atoms with Gasteiger partial charge in [0.05, 0.1) is 10.8 Å². The summed E-state index contributed by atoms with van der Waals surface area (Å²) >= 11 is 6.67. The zero-order valence-corrected chi connectivity index (χ0v) is 14.1. The van der Waals surface area contributed by atoms with Crippen molar-refractivity contribution in [2.45, 2.75) is 5.22 Å². The summed E-state index contributed by atoms with van der Waals surface area (Å²) in [6.45, 7) is 0. The molecule has 9 heteroatoms. The second kappa shape index (κ2) is 7.62. The van der Waals surface area contributed by atoms with E-state index >= 15 is 0 Å². The summed E-state index contributed by atoms with van der Waals surface area (Å²) in [6.07, 6.45) is 0. The van der Waals surface area contributed by atoms with E-state index in [-0.39, 0.29) is 27.8 Å². The molecule has 0 fully saturated rings. The number of nitrogens with zero attached hydrogens (tertiary/aromatic N) is 2. The summed E-state index contributed by atoms with van der Waals surface area (Å²) < 4.78 is 31.6. The van der Waals surface area contributed by atoms with Gasteiger partial charge in [0.15, 0.2) is 0 Å². The van der Waals surface area contributed by atoms with Crippen molar-refractivity contribution in [1.82, 2.24) is 10.2 Å². The Morgan fingerprint density at radius 1 is 1.20 bits per heavy atom. The van der Waals surface area contributed by atoms with Crippen molar-refractivity contribution in [1.29, 1.82) is 0 Å². The topological polar surface area (TPSA) is 68.0 Å². The lowest BCUT2D eigenvalue weighted by atomic mass is 10.2. The Morgan fingerprint density at radius 3 is 2.80 bits per heavy atom. The van der Waals surface area contributed by atoms with Gasteiger partial charge in [0, 0.05) is 11.3 Å². The molecule has 3 rings (SSSR count). The van der Waals surface area contributed by atoms with Crippen LogP contribution in [-0.4, -0.2) is 21.9 Å². The molecule has 2 aromatic carbocycles. The number of halogens is 3. The van der Waals surface area contributed by atoms with Crippen molar-refractivity contribution in [2.75, 3.05) is 11.1 Å². The number of carbonyl (C=O) groups excluding carboxylic acids is 1. The first kappa shape index (κ1) is 17.4. The highest BCUT2D eigenvalue weighted by Gasteiger charge is 2.12. The van der Waals surface area contributed by atoms with Crippen LogP contribution in [0.25, 0.3) is 11.5 Å². The van der Waals surface area contributed by atoms with E-state index in [0.29, 0.717) is 11.3 Å². The fourth-order valence-corrected chi connectivity index (χ4v) is 2.65. The lowest BCUT2D eigenvalue weighted by Crippen LogP contribution is -2.14. The van der Waals surface area contributed by atoms with E-state index in [1.54, 1.807) is 6.07 Å². The number of hydrogen-bond acceptors (Lipinski definition) is 5. The minimum absolute atomic E-state index is 0.000219. The first-order valence-corrected chi connectivity index (χ1v) is 8.35. The fourth-order valence-electron chi connectivity index (χ4n) is 1.90. The number of anilines is 1. The normalized spacial score (nSPS) is 10.7. The van der Waals surface area contributed by atoms with Crippen molar-refractivity contribution in [3.05, 3.63) is 59.1 Å². The zero-order valence-electron chi connectivity index (χ0n) is 12.5. The molecule has 0 unspecified atom stereocenters. The van der Waals surface area contributed by atoms with E-state index in [9.17, 15) is 13.6 Å². The highest BCUT2D eigenvalue weighted by Crippen LogP contribution is 2.24. The molecule has 1 N–H and O–H groups in total. The number of aromatic nitrogens is 2. The largest absolute Gasteiger partial charge is 0.411 e. The molecule has 128 valence electrons. The highest BCUT2D eigenvalue weighted by molar-refractivity contribution is 7.99. The van der Waals surface area contributed by atoms with Crippen molar-refractivity contribution in [3.63, 3.8) is 0 Å². The van der Waals surface area contributed by atoms with Gasteiger partial charge >= 0.3 is 0 Å². The highest BCUT2D eigenvalue weighted by atomic mass is 35.5. The Labute approximate surface area is 150 Å². The molecule has 0 bridgehead atoms. The summed E-state index contributed by atoms with van der Waals surface area (Å²) in [5.41, 5.74) is 0.827. The molecule has 0 saturated heterocycles. The van der Waals surface area contributed by atoms with E-state index in [1.807, 2.05) is 0 Å². The number of hydrogen-bond donors (Lipinski definition) is 1. The van der Waals surface area contributed by atoms with Crippen LogP contribution in [0.15, 0.2) is 52.1 Å². The number of amides is 1. The number of nitrogens with one attached hydrogen (secondary N) is 1.